The predicted molar refractivity (Wildman–Crippen MR) is 110 cm³/mol. The van der Waals surface area contributed by atoms with E-state index in [9.17, 15) is 0 Å². The summed E-state index contributed by atoms with van der Waals surface area (Å²) < 4.78 is 11.8. The lowest BCUT2D eigenvalue weighted by Crippen LogP contribution is -2.32. The number of rotatable bonds is 4. The van der Waals surface area contributed by atoms with Gasteiger partial charge in [0.15, 0.2) is 0 Å². The van der Waals surface area contributed by atoms with E-state index in [1.165, 1.54) is 5.56 Å². The maximum atomic E-state index is 6.26. The molecule has 5 rings (SSSR count). The van der Waals surface area contributed by atoms with Crippen LogP contribution in [0.2, 0.25) is 0 Å². The average molecular weight is 392 g/mol. The van der Waals surface area contributed by atoms with Gasteiger partial charge in [-0.1, -0.05) is 0 Å². The van der Waals surface area contributed by atoms with Gasteiger partial charge in [0, 0.05) is 36.4 Å². The van der Waals surface area contributed by atoms with Crippen LogP contribution in [0.4, 0.5) is 11.6 Å². The molecular weight excluding hydrogens is 368 g/mol. The summed E-state index contributed by atoms with van der Waals surface area (Å²) in [5.41, 5.74) is 10.3. The molecule has 0 radical (unpaired) electrons. The van der Waals surface area contributed by atoms with Crippen molar-refractivity contribution in [1.82, 2.24) is 19.9 Å². The first-order chi connectivity index (χ1) is 14.2. The van der Waals surface area contributed by atoms with E-state index in [1.807, 2.05) is 18.3 Å². The molecule has 0 saturated heterocycles. The Bertz CT molecular complexity index is 1020. The first kappa shape index (κ1) is 18.1. The maximum Gasteiger partial charge on any atom is 0.223 e. The second-order valence-corrected chi connectivity index (χ2v) is 7.65. The van der Waals surface area contributed by atoms with Gasteiger partial charge in [-0.3, -0.25) is 4.98 Å². The molecule has 29 heavy (non-hydrogen) atoms. The number of nitrogens with zero attached hydrogens (tertiary/aromatic N) is 4. The number of nitrogens with one attached hydrogen (secondary N) is 1. The molecule has 150 valence electrons. The van der Waals surface area contributed by atoms with E-state index in [-0.39, 0.29) is 6.10 Å². The molecule has 3 N–H and O–H groups in total. The van der Waals surface area contributed by atoms with Gasteiger partial charge in [0.25, 0.3) is 0 Å². The van der Waals surface area contributed by atoms with Gasteiger partial charge in [-0.05, 0) is 43.7 Å². The Morgan fingerprint density at radius 1 is 1.07 bits per heavy atom. The third kappa shape index (κ3) is 3.93. The zero-order valence-electron chi connectivity index (χ0n) is 16.2. The fraction of sp³-hybridized carbons (Fsp3) is 0.429. The Morgan fingerprint density at radius 3 is 2.83 bits per heavy atom. The first-order valence-electron chi connectivity index (χ1n) is 10.1. The van der Waals surface area contributed by atoms with Crippen LogP contribution >= 0.6 is 0 Å². The summed E-state index contributed by atoms with van der Waals surface area (Å²) in [5.74, 6) is 1.40. The van der Waals surface area contributed by atoms with E-state index in [1.54, 1.807) is 12.4 Å². The normalized spacial score (nSPS) is 21.5. The van der Waals surface area contributed by atoms with Crippen molar-refractivity contribution in [3.63, 3.8) is 0 Å². The number of benzene rings is 1. The van der Waals surface area contributed by atoms with Crippen molar-refractivity contribution in [3.05, 3.63) is 42.0 Å². The highest BCUT2D eigenvalue weighted by molar-refractivity contribution is 5.84. The summed E-state index contributed by atoms with van der Waals surface area (Å²) in [7, 11) is 0. The number of aromatic nitrogens is 4. The van der Waals surface area contributed by atoms with Gasteiger partial charge < -0.3 is 20.5 Å². The lowest BCUT2D eigenvalue weighted by molar-refractivity contribution is 0.107. The molecule has 0 spiro atoms. The maximum absolute atomic E-state index is 6.26. The highest BCUT2D eigenvalue weighted by Crippen LogP contribution is 2.30. The van der Waals surface area contributed by atoms with E-state index in [0.717, 1.165) is 55.4 Å². The fourth-order valence-electron chi connectivity index (χ4n) is 4.04. The summed E-state index contributed by atoms with van der Waals surface area (Å²) in [5, 5.41) is 3.48. The van der Waals surface area contributed by atoms with Gasteiger partial charge in [-0.2, -0.15) is 0 Å². The molecule has 1 saturated carbocycles. The van der Waals surface area contributed by atoms with Crippen molar-refractivity contribution in [1.29, 1.82) is 0 Å². The number of fused-ring (bicyclic) bond motifs is 2. The van der Waals surface area contributed by atoms with Gasteiger partial charge in [-0.15, -0.1) is 0 Å². The molecule has 1 fully saturated rings. The van der Waals surface area contributed by atoms with Crippen molar-refractivity contribution in [2.45, 2.75) is 50.9 Å². The molecule has 1 aromatic carbocycles. The molecule has 2 aromatic heterocycles. The molecule has 8 heteroatoms. The van der Waals surface area contributed by atoms with E-state index in [2.05, 4.69) is 25.3 Å². The SMILES string of the molecule is Nc1cc(OC2CCC(Nc3ncc4c(n3)COCC4)CC2)c2nccnc2c1. The molecule has 1 aliphatic heterocycles. The zero-order valence-corrected chi connectivity index (χ0v) is 16.2. The fourth-order valence-corrected chi connectivity index (χ4v) is 4.04. The van der Waals surface area contributed by atoms with E-state index < -0.39 is 0 Å². The molecule has 3 heterocycles. The van der Waals surface area contributed by atoms with Crippen molar-refractivity contribution in [3.8, 4) is 5.75 Å². The molecule has 0 amide bonds. The molecule has 0 bridgehead atoms. The summed E-state index contributed by atoms with van der Waals surface area (Å²) in [6, 6.07) is 4.00. The molecule has 2 aliphatic rings. The van der Waals surface area contributed by atoms with Crippen LogP contribution in [0.25, 0.3) is 11.0 Å². The number of anilines is 2. The number of ether oxygens (including phenoxy) is 2. The van der Waals surface area contributed by atoms with Gasteiger partial charge in [0.05, 0.1) is 30.5 Å². The van der Waals surface area contributed by atoms with Gasteiger partial charge >= 0.3 is 0 Å². The average Bonchev–Trinajstić information content (AvgIpc) is 2.75. The molecule has 0 unspecified atom stereocenters. The van der Waals surface area contributed by atoms with Crippen LogP contribution in [0.3, 0.4) is 0 Å². The number of hydrogen-bond donors (Lipinski definition) is 2. The van der Waals surface area contributed by atoms with Gasteiger partial charge in [0.2, 0.25) is 5.95 Å². The first-order valence-corrected chi connectivity index (χ1v) is 10.1. The van der Waals surface area contributed by atoms with Crippen LogP contribution in [-0.2, 0) is 17.8 Å². The Morgan fingerprint density at radius 2 is 1.93 bits per heavy atom. The van der Waals surface area contributed by atoms with E-state index in [4.69, 9.17) is 15.2 Å². The largest absolute Gasteiger partial charge is 0.488 e. The monoisotopic (exact) mass is 392 g/mol. The minimum atomic E-state index is 0.137. The standard InChI is InChI=1S/C21H24N6O2/c22-14-9-17-20(24-7-6-23-17)19(10-14)29-16-3-1-15(2-4-16)26-21-25-11-13-5-8-28-12-18(13)27-21/h6-7,9-11,15-16H,1-5,8,12,22H2,(H,25,26,27). The third-order valence-electron chi connectivity index (χ3n) is 5.57. The van der Waals surface area contributed by atoms with Crippen LogP contribution in [0.1, 0.15) is 36.9 Å². The van der Waals surface area contributed by atoms with Crippen LogP contribution < -0.4 is 15.8 Å². The van der Waals surface area contributed by atoms with Crippen molar-refractivity contribution in [2.24, 2.45) is 0 Å². The number of hydrogen-bond acceptors (Lipinski definition) is 8. The number of nitrogens with two attached hydrogens (primary N) is 1. The molecule has 3 aromatic rings. The second-order valence-electron chi connectivity index (χ2n) is 7.65. The summed E-state index contributed by atoms with van der Waals surface area (Å²) >= 11 is 0. The lowest BCUT2D eigenvalue weighted by Gasteiger charge is -2.30. The van der Waals surface area contributed by atoms with Crippen molar-refractivity contribution >= 4 is 22.7 Å². The van der Waals surface area contributed by atoms with Crippen LogP contribution in [0, 0.1) is 0 Å². The van der Waals surface area contributed by atoms with E-state index in [0.29, 0.717) is 30.0 Å². The minimum absolute atomic E-state index is 0.137. The Kier molecular flexibility index (Phi) is 4.85. The zero-order chi connectivity index (χ0) is 19.6. The van der Waals surface area contributed by atoms with Crippen molar-refractivity contribution in [2.75, 3.05) is 17.7 Å². The highest BCUT2D eigenvalue weighted by Gasteiger charge is 2.24. The van der Waals surface area contributed by atoms with E-state index >= 15 is 0 Å². The van der Waals surface area contributed by atoms with Crippen LogP contribution in [0.15, 0.2) is 30.7 Å². The smallest absolute Gasteiger partial charge is 0.223 e. The second kappa shape index (κ2) is 7.79. The van der Waals surface area contributed by atoms with Crippen LogP contribution in [0.5, 0.6) is 5.75 Å². The Balaban J connectivity index is 1.21. The third-order valence-corrected chi connectivity index (χ3v) is 5.57. The minimum Gasteiger partial charge on any atom is -0.488 e. The summed E-state index contributed by atoms with van der Waals surface area (Å²) in [4.78, 5) is 17.9. The Labute approximate surface area is 168 Å². The van der Waals surface area contributed by atoms with Gasteiger partial charge in [-0.25, -0.2) is 15.0 Å². The molecule has 1 aliphatic carbocycles. The Hall–Kier alpha value is -3.00. The van der Waals surface area contributed by atoms with Crippen LogP contribution in [-0.4, -0.2) is 38.7 Å². The van der Waals surface area contributed by atoms with Crippen molar-refractivity contribution < 1.29 is 9.47 Å². The molecule has 8 nitrogen and oxygen atoms in total. The lowest BCUT2D eigenvalue weighted by atomic mass is 9.93. The quantitative estimate of drug-likeness (QED) is 0.653. The molecular formula is C21H24N6O2. The summed E-state index contributed by atoms with van der Waals surface area (Å²) in [6.07, 6.45) is 10.2. The molecule has 0 atom stereocenters. The highest BCUT2D eigenvalue weighted by atomic mass is 16.5. The topological polar surface area (TPSA) is 108 Å². The van der Waals surface area contributed by atoms with Gasteiger partial charge in [0.1, 0.15) is 11.3 Å². The number of nitrogen functional groups attached to an aromatic ring is 1. The predicted octanol–water partition coefficient (Wildman–Crippen LogP) is 2.88. The summed E-state index contributed by atoms with van der Waals surface area (Å²) in [6.45, 7) is 1.32.